The van der Waals surface area contributed by atoms with Gasteiger partial charge in [0, 0.05) is 37.2 Å². The lowest BCUT2D eigenvalue weighted by Gasteiger charge is -2.30. The number of hydrogen-bond donors (Lipinski definition) is 0. The second-order valence-corrected chi connectivity index (χ2v) is 10.6. The number of alkyl halides is 3. The number of aromatic nitrogens is 4. The number of imidazole rings is 1. The van der Waals surface area contributed by atoms with Crippen LogP contribution in [0.1, 0.15) is 73.7 Å². The number of carbonyl (C=O) groups is 2. The Bertz CT molecular complexity index is 1380. The van der Waals surface area contributed by atoms with E-state index in [0.717, 1.165) is 16.7 Å². The van der Waals surface area contributed by atoms with Crippen molar-refractivity contribution in [3.63, 3.8) is 0 Å². The molecule has 3 heterocycles. The number of hydrogen-bond acceptors (Lipinski definition) is 6. The highest BCUT2D eigenvalue weighted by molar-refractivity contribution is 6.28. The van der Waals surface area contributed by atoms with E-state index in [2.05, 4.69) is 15.0 Å². The zero-order valence-corrected chi connectivity index (χ0v) is 22.3. The van der Waals surface area contributed by atoms with Crippen molar-refractivity contribution in [2.75, 3.05) is 6.54 Å². The molecule has 1 aliphatic heterocycles. The highest BCUT2D eigenvalue weighted by Gasteiger charge is 2.36. The third-order valence-electron chi connectivity index (χ3n) is 5.84. The fourth-order valence-corrected chi connectivity index (χ4v) is 4.33. The number of halogens is 4. The van der Waals surface area contributed by atoms with Gasteiger partial charge in [0.25, 0.3) is 5.91 Å². The first-order chi connectivity index (χ1) is 17.6. The SMILES string of the molecule is CC(C)n1cc(C(F)(F)F)nc1-c1ccc(Cc2nc(Cl)nc3c2C(=O)N(C(=O)OC(C)(C)C)CC3)cc1. The average Bonchev–Trinajstić information content (AvgIpc) is 3.25. The molecule has 1 aromatic carbocycles. The summed E-state index contributed by atoms with van der Waals surface area (Å²) in [6.45, 7) is 8.79. The van der Waals surface area contributed by atoms with Crippen LogP contribution in [0.15, 0.2) is 30.5 Å². The van der Waals surface area contributed by atoms with E-state index in [1.807, 2.05) is 0 Å². The molecule has 3 aromatic rings. The fourth-order valence-electron chi connectivity index (χ4n) is 4.13. The largest absolute Gasteiger partial charge is 0.443 e. The maximum Gasteiger partial charge on any atom is 0.434 e. The highest BCUT2D eigenvalue weighted by atomic mass is 35.5. The molecule has 8 nitrogen and oxygen atoms in total. The minimum atomic E-state index is -4.56. The van der Waals surface area contributed by atoms with Crippen molar-refractivity contribution >= 4 is 23.6 Å². The summed E-state index contributed by atoms with van der Waals surface area (Å²) in [5.74, 6) is -0.369. The number of benzene rings is 1. The molecule has 0 saturated heterocycles. The van der Waals surface area contributed by atoms with Crippen molar-refractivity contribution in [3.8, 4) is 11.4 Å². The summed E-state index contributed by atoms with van der Waals surface area (Å²) in [4.78, 5) is 39.2. The molecule has 202 valence electrons. The summed E-state index contributed by atoms with van der Waals surface area (Å²) >= 11 is 6.13. The van der Waals surface area contributed by atoms with Gasteiger partial charge in [-0.15, -0.1) is 0 Å². The molecule has 1 aliphatic rings. The van der Waals surface area contributed by atoms with Gasteiger partial charge in [-0.3, -0.25) is 4.79 Å². The first kappa shape index (κ1) is 27.6. The predicted octanol–water partition coefficient (Wildman–Crippen LogP) is 6.12. The monoisotopic (exact) mass is 549 g/mol. The molecule has 2 amide bonds. The van der Waals surface area contributed by atoms with Crippen molar-refractivity contribution < 1.29 is 27.5 Å². The van der Waals surface area contributed by atoms with E-state index in [1.54, 1.807) is 58.9 Å². The van der Waals surface area contributed by atoms with Gasteiger partial charge >= 0.3 is 12.3 Å². The summed E-state index contributed by atoms with van der Waals surface area (Å²) in [6, 6.07) is 6.55. The van der Waals surface area contributed by atoms with Gasteiger partial charge in [-0.05, 0) is 51.8 Å². The third-order valence-corrected chi connectivity index (χ3v) is 6.01. The van der Waals surface area contributed by atoms with Crippen LogP contribution in [-0.2, 0) is 23.8 Å². The highest BCUT2D eigenvalue weighted by Crippen LogP contribution is 2.33. The summed E-state index contributed by atoms with van der Waals surface area (Å²) in [7, 11) is 0. The molecule has 4 rings (SSSR count). The van der Waals surface area contributed by atoms with Crippen LogP contribution < -0.4 is 0 Å². The number of ether oxygens (including phenoxy) is 1. The van der Waals surface area contributed by atoms with Gasteiger partial charge in [0.1, 0.15) is 11.4 Å². The van der Waals surface area contributed by atoms with Gasteiger partial charge in [-0.2, -0.15) is 13.2 Å². The maximum atomic E-state index is 13.3. The molecule has 0 saturated carbocycles. The van der Waals surface area contributed by atoms with Crippen molar-refractivity contribution in [1.82, 2.24) is 24.4 Å². The number of amides is 2. The molecule has 0 N–H and O–H groups in total. The van der Waals surface area contributed by atoms with E-state index in [1.165, 1.54) is 4.57 Å². The van der Waals surface area contributed by atoms with Crippen LogP contribution in [0.3, 0.4) is 0 Å². The molecule has 38 heavy (non-hydrogen) atoms. The van der Waals surface area contributed by atoms with E-state index in [4.69, 9.17) is 16.3 Å². The second kappa shape index (κ2) is 10.0. The van der Waals surface area contributed by atoms with Crippen LogP contribution >= 0.6 is 11.6 Å². The van der Waals surface area contributed by atoms with Crippen LogP contribution in [-0.4, -0.2) is 48.6 Å². The van der Waals surface area contributed by atoms with E-state index in [9.17, 15) is 22.8 Å². The summed E-state index contributed by atoms with van der Waals surface area (Å²) in [5.41, 5.74) is 0.485. The summed E-state index contributed by atoms with van der Waals surface area (Å²) < 4.78 is 46.7. The number of fused-ring (bicyclic) bond motifs is 1. The zero-order chi connectivity index (χ0) is 28.0. The van der Waals surface area contributed by atoms with Gasteiger partial charge < -0.3 is 9.30 Å². The molecule has 0 aliphatic carbocycles. The zero-order valence-electron chi connectivity index (χ0n) is 21.6. The van der Waals surface area contributed by atoms with Crippen molar-refractivity contribution in [2.45, 2.75) is 65.3 Å². The Hall–Kier alpha value is -3.47. The molecule has 2 aromatic heterocycles. The first-order valence-corrected chi connectivity index (χ1v) is 12.4. The molecule has 0 radical (unpaired) electrons. The summed E-state index contributed by atoms with van der Waals surface area (Å²) in [6.07, 6.45) is -3.82. The van der Waals surface area contributed by atoms with Gasteiger partial charge in [-0.1, -0.05) is 24.3 Å². The number of carbonyl (C=O) groups excluding carboxylic acids is 2. The number of nitrogens with zero attached hydrogens (tertiary/aromatic N) is 5. The van der Waals surface area contributed by atoms with Gasteiger partial charge in [0.05, 0.1) is 17.0 Å². The van der Waals surface area contributed by atoms with Gasteiger partial charge in [-0.25, -0.2) is 24.6 Å². The Labute approximate surface area is 222 Å². The molecular weight excluding hydrogens is 523 g/mol. The van der Waals surface area contributed by atoms with Crippen LogP contribution in [0, 0.1) is 0 Å². The lowest BCUT2D eigenvalue weighted by molar-refractivity contribution is -0.140. The van der Waals surface area contributed by atoms with E-state index in [-0.39, 0.29) is 35.7 Å². The Morgan fingerprint density at radius 1 is 1.11 bits per heavy atom. The quantitative estimate of drug-likeness (QED) is 0.364. The minimum Gasteiger partial charge on any atom is -0.443 e. The van der Waals surface area contributed by atoms with E-state index in [0.29, 0.717) is 23.4 Å². The van der Waals surface area contributed by atoms with Gasteiger partial charge in [0.2, 0.25) is 5.28 Å². The standard InChI is InChI=1S/C26H27ClF3N5O3/c1-14(2)35-13-19(26(28,29)30)33-21(35)16-8-6-15(7-9-16)12-18-20-17(31-23(27)32-18)10-11-34(22(20)36)24(37)38-25(3,4)5/h6-9,13-14H,10-12H2,1-5H3. The van der Waals surface area contributed by atoms with Crippen LogP contribution in [0.2, 0.25) is 5.28 Å². The van der Waals surface area contributed by atoms with Crippen molar-refractivity contribution in [3.05, 3.63) is 64.0 Å². The van der Waals surface area contributed by atoms with Crippen molar-refractivity contribution in [2.24, 2.45) is 0 Å². The Morgan fingerprint density at radius 3 is 2.34 bits per heavy atom. The number of imide groups is 1. The van der Waals surface area contributed by atoms with Crippen LogP contribution in [0.25, 0.3) is 11.4 Å². The molecular formula is C26H27ClF3N5O3. The molecule has 0 unspecified atom stereocenters. The lowest BCUT2D eigenvalue weighted by atomic mass is 9.98. The normalized spacial score (nSPS) is 14.2. The second-order valence-electron chi connectivity index (χ2n) is 10.3. The predicted molar refractivity (Wildman–Crippen MR) is 134 cm³/mol. The minimum absolute atomic E-state index is 0.0208. The van der Waals surface area contributed by atoms with E-state index < -0.39 is 29.5 Å². The van der Waals surface area contributed by atoms with Crippen LogP contribution in [0.5, 0.6) is 0 Å². The third kappa shape index (κ3) is 5.82. The lowest BCUT2D eigenvalue weighted by Crippen LogP contribution is -2.45. The fraction of sp³-hybridized carbons (Fsp3) is 0.423. The topological polar surface area (TPSA) is 90.2 Å². The molecule has 0 fully saturated rings. The van der Waals surface area contributed by atoms with Crippen LogP contribution in [0.4, 0.5) is 18.0 Å². The molecule has 0 bridgehead atoms. The first-order valence-electron chi connectivity index (χ1n) is 12.0. The smallest absolute Gasteiger partial charge is 0.434 e. The Kier molecular flexibility index (Phi) is 7.26. The Balaban J connectivity index is 1.64. The van der Waals surface area contributed by atoms with Gasteiger partial charge in [0.15, 0.2) is 5.69 Å². The molecule has 12 heteroatoms. The number of rotatable bonds is 4. The molecule has 0 atom stereocenters. The Morgan fingerprint density at radius 2 is 1.76 bits per heavy atom. The summed E-state index contributed by atoms with van der Waals surface area (Å²) in [5, 5.41) is -0.0208. The average molecular weight is 550 g/mol. The van der Waals surface area contributed by atoms with Crippen molar-refractivity contribution in [1.29, 1.82) is 0 Å². The van der Waals surface area contributed by atoms with E-state index >= 15 is 0 Å². The maximum absolute atomic E-state index is 13.3. The molecule has 0 spiro atoms.